The molecule has 2 fully saturated rings. The summed E-state index contributed by atoms with van der Waals surface area (Å²) in [5.41, 5.74) is 2.39. The molecule has 1 aromatic carbocycles. The summed E-state index contributed by atoms with van der Waals surface area (Å²) in [7, 11) is 0. The minimum atomic E-state index is -5.08. The molecule has 3 N–H and O–H groups in total. The van der Waals surface area contributed by atoms with Crippen LogP contribution in [0.3, 0.4) is 0 Å². The summed E-state index contributed by atoms with van der Waals surface area (Å²) in [6, 6.07) is 9.07. The van der Waals surface area contributed by atoms with Gasteiger partial charge in [-0.2, -0.15) is 18.4 Å². The van der Waals surface area contributed by atoms with Crippen LogP contribution in [0.5, 0.6) is 0 Å². The fourth-order valence-corrected chi connectivity index (χ4v) is 4.64. The van der Waals surface area contributed by atoms with Crippen LogP contribution in [0.15, 0.2) is 35.8 Å². The summed E-state index contributed by atoms with van der Waals surface area (Å²) < 4.78 is 31.7. The summed E-state index contributed by atoms with van der Waals surface area (Å²) in [6.45, 7) is 3.83. The van der Waals surface area contributed by atoms with Crippen molar-refractivity contribution in [3.63, 3.8) is 0 Å². The number of hydrogen-bond acceptors (Lipinski definition) is 8. The van der Waals surface area contributed by atoms with E-state index in [2.05, 4.69) is 26.6 Å². The highest BCUT2D eigenvalue weighted by atomic mass is 32.1. The number of aromatic nitrogens is 2. The fourth-order valence-electron chi connectivity index (χ4n) is 3.81. The van der Waals surface area contributed by atoms with E-state index in [0.717, 1.165) is 36.8 Å². The lowest BCUT2D eigenvalue weighted by molar-refractivity contribution is -0.192. The predicted octanol–water partition coefficient (Wildman–Crippen LogP) is 3.64. The third kappa shape index (κ3) is 5.72. The smallest absolute Gasteiger partial charge is 0.475 e. The van der Waals surface area contributed by atoms with Gasteiger partial charge >= 0.3 is 12.1 Å². The number of nitrogens with one attached hydrogen (secondary N) is 2. The van der Waals surface area contributed by atoms with E-state index in [9.17, 15) is 23.2 Å². The van der Waals surface area contributed by atoms with E-state index in [-0.39, 0.29) is 5.91 Å². The highest BCUT2D eigenvalue weighted by Gasteiger charge is 2.44. The Morgan fingerprint density at radius 1 is 1.28 bits per heavy atom. The summed E-state index contributed by atoms with van der Waals surface area (Å²) in [5, 5.41) is 24.5. The number of para-hydroxylation sites is 1. The van der Waals surface area contributed by atoms with Gasteiger partial charge < -0.3 is 20.6 Å². The molecule has 1 spiro atoms. The lowest BCUT2D eigenvalue weighted by Crippen LogP contribution is -2.31. The second kappa shape index (κ2) is 10.1. The second-order valence-corrected chi connectivity index (χ2v) is 9.40. The number of nitrogens with zero attached hydrogens (tertiary/aromatic N) is 4. The molecule has 1 aliphatic heterocycles. The first-order chi connectivity index (χ1) is 17.1. The Bertz CT molecular complexity index is 1330. The van der Waals surface area contributed by atoms with Gasteiger partial charge in [-0.25, -0.2) is 14.8 Å². The molecule has 5 rings (SSSR count). The second-order valence-electron chi connectivity index (χ2n) is 8.54. The summed E-state index contributed by atoms with van der Waals surface area (Å²) >= 11 is 1.40. The van der Waals surface area contributed by atoms with Crippen molar-refractivity contribution in [2.24, 2.45) is 5.41 Å². The Hall–Kier alpha value is -3.76. The van der Waals surface area contributed by atoms with E-state index in [1.807, 2.05) is 6.20 Å². The number of hydrogen-bond donors (Lipinski definition) is 3. The summed E-state index contributed by atoms with van der Waals surface area (Å²) in [6.07, 6.45) is -0.778. The van der Waals surface area contributed by atoms with E-state index < -0.39 is 12.1 Å². The van der Waals surface area contributed by atoms with E-state index >= 15 is 0 Å². The molecule has 1 saturated heterocycles. The number of benzene rings is 1. The summed E-state index contributed by atoms with van der Waals surface area (Å²) in [5.74, 6) is -2.22. The third-order valence-corrected chi connectivity index (χ3v) is 6.79. The number of alkyl halides is 3. The van der Waals surface area contributed by atoms with Crippen molar-refractivity contribution < 1.29 is 27.9 Å². The molecule has 0 atom stereocenters. The van der Waals surface area contributed by atoms with Gasteiger partial charge in [0.05, 0.1) is 23.0 Å². The Balaban J connectivity index is 0.000000384. The molecule has 2 aliphatic rings. The zero-order valence-electron chi connectivity index (χ0n) is 18.8. The molecule has 36 heavy (non-hydrogen) atoms. The molecule has 1 aliphatic carbocycles. The molecule has 2 aromatic heterocycles. The number of carbonyl (C=O) groups excluding carboxylic acids is 1. The van der Waals surface area contributed by atoms with Gasteiger partial charge in [-0.3, -0.25) is 4.79 Å². The normalized spacial score (nSPS) is 16.4. The van der Waals surface area contributed by atoms with E-state index in [4.69, 9.17) is 14.9 Å². The van der Waals surface area contributed by atoms with Crippen LogP contribution in [-0.2, 0) is 4.79 Å². The minimum Gasteiger partial charge on any atom is -0.475 e. The highest BCUT2D eigenvalue weighted by Crippen LogP contribution is 2.46. The largest absolute Gasteiger partial charge is 0.490 e. The fraction of sp³-hybridized carbons (Fsp3) is 0.348. The molecule has 3 heterocycles. The van der Waals surface area contributed by atoms with E-state index in [1.165, 1.54) is 24.2 Å². The van der Waals surface area contributed by atoms with Gasteiger partial charge in [0.15, 0.2) is 0 Å². The van der Waals surface area contributed by atoms with Crippen LogP contribution in [0.2, 0.25) is 0 Å². The van der Waals surface area contributed by atoms with Crippen molar-refractivity contribution in [2.45, 2.75) is 19.0 Å². The van der Waals surface area contributed by atoms with Crippen molar-refractivity contribution >= 4 is 45.1 Å². The number of amides is 1. The molecular weight excluding hydrogens is 497 g/mol. The first-order valence-corrected chi connectivity index (χ1v) is 11.8. The standard InChI is InChI=1S/C21H20N6OS.C2HF3O2/c22-9-14-3-1-2-4-16(14)25-19(28)15-11-29-20-18(15)26-17(10-24-20)27-8-7-23-12-21(13-27)5-6-21;3-2(4,5)1(6)7/h1-4,10-11,23H,5-8,12-13H2,(H,25,28);(H,6,7). The number of rotatable bonds is 3. The van der Waals surface area contributed by atoms with Crippen molar-refractivity contribution in [3.8, 4) is 6.07 Å². The van der Waals surface area contributed by atoms with Gasteiger partial charge in [-0.1, -0.05) is 12.1 Å². The van der Waals surface area contributed by atoms with Crippen LogP contribution in [-0.4, -0.2) is 59.3 Å². The van der Waals surface area contributed by atoms with Crippen LogP contribution >= 0.6 is 11.3 Å². The molecule has 13 heteroatoms. The Morgan fingerprint density at radius 3 is 2.67 bits per heavy atom. The number of nitriles is 1. The maximum absolute atomic E-state index is 12.9. The van der Waals surface area contributed by atoms with E-state index in [0.29, 0.717) is 27.7 Å². The zero-order chi connectivity index (χ0) is 25.9. The molecular formula is C23H21F3N6O3S. The molecule has 0 radical (unpaired) electrons. The minimum absolute atomic E-state index is 0.276. The Kier molecular flexibility index (Phi) is 7.09. The van der Waals surface area contributed by atoms with Crippen molar-refractivity contribution in [1.29, 1.82) is 5.26 Å². The molecule has 1 saturated carbocycles. The van der Waals surface area contributed by atoms with Crippen LogP contribution < -0.4 is 15.5 Å². The van der Waals surface area contributed by atoms with Crippen LogP contribution in [0.4, 0.5) is 24.7 Å². The number of carboxylic acids is 1. The average molecular weight is 519 g/mol. The monoisotopic (exact) mass is 518 g/mol. The lowest BCUT2D eigenvalue weighted by atomic mass is 10.1. The van der Waals surface area contributed by atoms with Crippen LogP contribution in [0.25, 0.3) is 10.3 Å². The SMILES string of the molecule is N#Cc1ccccc1NC(=O)c1csc2ncc(N3CCNCC4(CC4)C3)nc12.O=C(O)C(F)(F)F. The van der Waals surface area contributed by atoms with Gasteiger partial charge in [0.1, 0.15) is 22.2 Å². The maximum atomic E-state index is 12.9. The lowest BCUT2D eigenvalue weighted by Gasteiger charge is -2.24. The number of carboxylic acid groups (broad SMARTS) is 1. The molecule has 1 amide bonds. The number of anilines is 2. The van der Waals surface area contributed by atoms with Gasteiger partial charge in [-0.15, -0.1) is 11.3 Å². The number of halogens is 3. The molecule has 9 nitrogen and oxygen atoms in total. The van der Waals surface area contributed by atoms with Gasteiger partial charge in [-0.05, 0) is 25.0 Å². The van der Waals surface area contributed by atoms with Crippen molar-refractivity contribution in [2.75, 3.05) is 36.4 Å². The summed E-state index contributed by atoms with van der Waals surface area (Å²) in [4.78, 5) is 34.2. The van der Waals surface area contributed by atoms with Crippen LogP contribution in [0.1, 0.15) is 28.8 Å². The van der Waals surface area contributed by atoms with Crippen LogP contribution in [0, 0.1) is 16.7 Å². The molecule has 188 valence electrons. The van der Waals surface area contributed by atoms with Gasteiger partial charge in [0, 0.05) is 37.0 Å². The van der Waals surface area contributed by atoms with Gasteiger partial charge in [0.2, 0.25) is 0 Å². The maximum Gasteiger partial charge on any atom is 0.490 e. The van der Waals surface area contributed by atoms with E-state index in [1.54, 1.807) is 29.6 Å². The zero-order valence-corrected chi connectivity index (χ0v) is 19.6. The Labute approximate surface area is 207 Å². The first-order valence-electron chi connectivity index (χ1n) is 10.9. The molecule has 0 bridgehead atoms. The number of carbonyl (C=O) groups is 2. The van der Waals surface area contributed by atoms with Crippen molar-refractivity contribution in [1.82, 2.24) is 15.3 Å². The highest BCUT2D eigenvalue weighted by molar-refractivity contribution is 7.17. The number of fused-ring (bicyclic) bond motifs is 1. The van der Waals surface area contributed by atoms with Gasteiger partial charge in [0.25, 0.3) is 5.91 Å². The number of aliphatic carboxylic acids is 1. The molecule has 3 aromatic rings. The predicted molar refractivity (Wildman–Crippen MR) is 127 cm³/mol. The Morgan fingerprint density at radius 2 is 2.00 bits per heavy atom. The molecule has 0 unspecified atom stereocenters. The quantitative estimate of drug-likeness (QED) is 0.479. The topological polar surface area (TPSA) is 131 Å². The van der Waals surface area contributed by atoms with Crippen molar-refractivity contribution in [3.05, 3.63) is 47.0 Å². The number of thiophene rings is 1. The third-order valence-electron chi connectivity index (χ3n) is 5.92. The average Bonchev–Trinajstić information content (AvgIpc) is 3.54. The first kappa shape index (κ1) is 25.3.